The Kier molecular flexibility index (Phi) is 3.01. The second kappa shape index (κ2) is 4.59. The van der Waals surface area contributed by atoms with Crippen molar-refractivity contribution < 1.29 is 17.2 Å². The molecule has 0 unspecified atom stereocenters. The zero-order valence-corrected chi connectivity index (χ0v) is 10.9. The average Bonchev–Trinajstić information content (AvgIpc) is 3.00. The third-order valence-corrected chi connectivity index (χ3v) is 4.11. The summed E-state index contributed by atoms with van der Waals surface area (Å²) in [6, 6.07) is 0. The Labute approximate surface area is 112 Å². The molecule has 3 rings (SSSR count). The van der Waals surface area contributed by atoms with Gasteiger partial charge >= 0.3 is 10.0 Å². The second-order valence-electron chi connectivity index (χ2n) is 4.22. The lowest BCUT2D eigenvalue weighted by Gasteiger charge is -2.00. The molecule has 2 aromatic rings. The fraction of sp³-hybridized carbons (Fsp3) is 0.444. The van der Waals surface area contributed by atoms with Gasteiger partial charge in [0.1, 0.15) is 12.9 Å². The van der Waals surface area contributed by atoms with E-state index in [1.54, 1.807) is 0 Å². The molecule has 0 spiro atoms. The largest absolute Gasteiger partial charge is 0.320 e. The molecule has 0 bridgehead atoms. The fourth-order valence-corrected chi connectivity index (χ4v) is 2.89. The van der Waals surface area contributed by atoms with Crippen molar-refractivity contribution in [3.05, 3.63) is 23.8 Å². The van der Waals surface area contributed by atoms with Gasteiger partial charge in [-0.05, 0) is 0 Å². The highest BCUT2D eigenvalue weighted by atomic mass is 32.2. The van der Waals surface area contributed by atoms with Crippen molar-refractivity contribution in [1.29, 1.82) is 0 Å². The van der Waals surface area contributed by atoms with E-state index in [0.29, 0.717) is 18.8 Å². The van der Waals surface area contributed by atoms with E-state index >= 15 is 0 Å². The summed E-state index contributed by atoms with van der Waals surface area (Å²) >= 11 is 0. The summed E-state index contributed by atoms with van der Waals surface area (Å²) in [5.41, 5.74) is 1.42. The Hall–Kier alpha value is -1.88. The van der Waals surface area contributed by atoms with E-state index in [1.165, 1.54) is 6.20 Å². The van der Waals surface area contributed by atoms with Gasteiger partial charge in [-0.2, -0.15) is 17.6 Å². The van der Waals surface area contributed by atoms with Crippen molar-refractivity contribution >= 4 is 10.0 Å². The standard InChI is InChI=1S/C9H10F2N6O2S/c10-8(11)4-16-5-13-9(15-16)20(18,19)17-3-6-1-12-2-7(6)14-17/h3,5,8,12H,1-2,4H2. The number of nitrogens with zero attached hydrogens (tertiary/aromatic N) is 5. The van der Waals surface area contributed by atoms with Crippen LogP contribution in [0, 0.1) is 0 Å². The fourth-order valence-electron chi connectivity index (χ4n) is 1.86. The highest BCUT2D eigenvalue weighted by Gasteiger charge is 2.26. The normalized spacial score (nSPS) is 14.9. The van der Waals surface area contributed by atoms with Crippen molar-refractivity contribution in [2.45, 2.75) is 31.2 Å². The van der Waals surface area contributed by atoms with E-state index < -0.39 is 28.1 Å². The number of fused-ring (bicyclic) bond motifs is 1. The Morgan fingerprint density at radius 1 is 1.35 bits per heavy atom. The number of aromatic nitrogens is 5. The van der Waals surface area contributed by atoms with Gasteiger partial charge in [-0.1, -0.05) is 0 Å². The van der Waals surface area contributed by atoms with Crippen molar-refractivity contribution in [2.75, 3.05) is 0 Å². The summed E-state index contributed by atoms with van der Waals surface area (Å²) in [7, 11) is -4.04. The first-order valence-electron chi connectivity index (χ1n) is 5.68. The molecule has 0 atom stereocenters. The molecule has 0 amide bonds. The molecule has 0 radical (unpaired) electrons. The van der Waals surface area contributed by atoms with E-state index in [0.717, 1.165) is 20.7 Å². The number of alkyl halides is 2. The third-order valence-electron chi connectivity index (χ3n) is 2.78. The van der Waals surface area contributed by atoms with Crippen LogP contribution in [0.3, 0.4) is 0 Å². The second-order valence-corrected chi connectivity index (χ2v) is 5.91. The number of hydrogen-bond donors (Lipinski definition) is 1. The van der Waals surface area contributed by atoms with Crippen LogP contribution in [0.4, 0.5) is 8.78 Å². The Morgan fingerprint density at radius 2 is 2.15 bits per heavy atom. The summed E-state index contributed by atoms with van der Waals surface area (Å²) < 4.78 is 50.3. The molecule has 0 aromatic carbocycles. The minimum atomic E-state index is -4.04. The monoisotopic (exact) mass is 304 g/mol. The molecule has 0 saturated carbocycles. The minimum absolute atomic E-state index is 0.491. The molecular formula is C9H10F2N6O2S. The van der Waals surface area contributed by atoms with Crippen molar-refractivity contribution in [2.24, 2.45) is 0 Å². The molecule has 1 aliphatic rings. The van der Waals surface area contributed by atoms with Gasteiger partial charge in [0.15, 0.2) is 0 Å². The molecule has 0 fully saturated rings. The molecule has 8 nitrogen and oxygen atoms in total. The number of nitrogens with one attached hydrogen (secondary N) is 1. The summed E-state index contributed by atoms with van der Waals surface area (Å²) in [6.45, 7) is 0.325. The zero-order valence-electron chi connectivity index (χ0n) is 10.1. The molecule has 0 saturated heterocycles. The molecule has 20 heavy (non-hydrogen) atoms. The predicted molar refractivity (Wildman–Crippen MR) is 61.4 cm³/mol. The van der Waals surface area contributed by atoms with Gasteiger partial charge < -0.3 is 5.32 Å². The van der Waals surface area contributed by atoms with Crippen LogP contribution in [0.2, 0.25) is 0 Å². The van der Waals surface area contributed by atoms with Crippen molar-refractivity contribution in [1.82, 2.24) is 29.3 Å². The molecule has 108 valence electrons. The van der Waals surface area contributed by atoms with Gasteiger partial charge in [-0.15, -0.1) is 5.10 Å². The maximum absolute atomic E-state index is 12.2. The molecule has 1 N–H and O–H groups in total. The van der Waals surface area contributed by atoms with E-state index in [9.17, 15) is 17.2 Å². The minimum Gasteiger partial charge on any atom is -0.307 e. The van der Waals surface area contributed by atoms with E-state index in [1.807, 2.05) is 0 Å². The van der Waals surface area contributed by atoms with Gasteiger partial charge in [0, 0.05) is 24.8 Å². The SMILES string of the molecule is O=S(=O)(c1ncn(CC(F)F)n1)n1cc2c(n1)CNC2. The molecule has 1 aliphatic heterocycles. The maximum Gasteiger partial charge on any atom is 0.320 e. The lowest BCUT2D eigenvalue weighted by atomic mass is 10.3. The van der Waals surface area contributed by atoms with Gasteiger partial charge in [-0.25, -0.2) is 18.4 Å². The lowest BCUT2D eigenvalue weighted by molar-refractivity contribution is 0.121. The first-order valence-corrected chi connectivity index (χ1v) is 7.12. The topological polar surface area (TPSA) is 94.7 Å². The van der Waals surface area contributed by atoms with E-state index in [-0.39, 0.29) is 0 Å². The smallest absolute Gasteiger partial charge is 0.307 e. The van der Waals surface area contributed by atoms with E-state index in [2.05, 4.69) is 20.5 Å². The zero-order chi connectivity index (χ0) is 14.3. The van der Waals surface area contributed by atoms with Crippen molar-refractivity contribution in [3.8, 4) is 0 Å². The Balaban J connectivity index is 1.92. The first kappa shape index (κ1) is 13.1. The van der Waals surface area contributed by atoms with E-state index in [4.69, 9.17) is 0 Å². The van der Waals surface area contributed by atoms with Crippen LogP contribution in [0.1, 0.15) is 11.3 Å². The lowest BCUT2D eigenvalue weighted by Crippen LogP contribution is -2.17. The molecule has 2 aromatic heterocycles. The third kappa shape index (κ3) is 2.18. The average molecular weight is 304 g/mol. The van der Waals surface area contributed by atoms with Gasteiger partial charge in [0.2, 0.25) is 0 Å². The van der Waals surface area contributed by atoms with Crippen LogP contribution in [0.25, 0.3) is 0 Å². The summed E-state index contributed by atoms with van der Waals surface area (Å²) in [5, 5.41) is 9.95. The number of hydrogen-bond acceptors (Lipinski definition) is 6. The van der Waals surface area contributed by atoms with Gasteiger partial charge in [-0.3, -0.25) is 0 Å². The molecular weight excluding hydrogens is 294 g/mol. The van der Waals surface area contributed by atoms with Crippen LogP contribution in [-0.2, 0) is 29.7 Å². The number of halogens is 2. The van der Waals surface area contributed by atoms with Crippen LogP contribution >= 0.6 is 0 Å². The maximum atomic E-state index is 12.2. The summed E-state index contributed by atoms with van der Waals surface area (Å²) in [5.74, 6) is 0. The van der Waals surface area contributed by atoms with Crippen LogP contribution in [0.5, 0.6) is 0 Å². The van der Waals surface area contributed by atoms with Crippen LogP contribution in [0.15, 0.2) is 17.7 Å². The Bertz CT molecular complexity index is 716. The molecule has 0 aliphatic carbocycles. The quantitative estimate of drug-likeness (QED) is 0.824. The Morgan fingerprint density at radius 3 is 2.85 bits per heavy atom. The van der Waals surface area contributed by atoms with Gasteiger partial charge in [0.25, 0.3) is 11.6 Å². The predicted octanol–water partition coefficient (Wildman–Crippen LogP) is -0.420. The van der Waals surface area contributed by atoms with Crippen LogP contribution < -0.4 is 5.32 Å². The highest BCUT2D eigenvalue weighted by molar-refractivity contribution is 7.89. The summed E-state index contributed by atoms with van der Waals surface area (Å²) in [6.07, 6.45) is -0.303. The molecule has 3 heterocycles. The number of rotatable bonds is 4. The molecule has 11 heteroatoms. The highest BCUT2D eigenvalue weighted by Crippen LogP contribution is 2.16. The van der Waals surface area contributed by atoms with Gasteiger partial charge in [0.05, 0.1) is 5.69 Å². The van der Waals surface area contributed by atoms with Crippen LogP contribution in [-0.4, -0.2) is 38.8 Å². The summed E-state index contributed by atoms with van der Waals surface area (Å²) in [4.78, 5) is 3.55. The first-order chi connectivity index (χ1) is 9.46. The van der Waals surface area contributed by atoms with Crippen molar-refractivity contribution in [3.63, 3.8) is 0 Å².